The fourth-order valence-electron chi connectivity index (χ4n) is 1.57. The van der Waals surface area contributed by atoms with Crippen LogP contribution in [0.5, 0.6) is 5.75 Å². The number of ether oxygens (including phenoxy) is 1. The predicted molar refractivity (Wildman–Crippen MR) is 76.4 cm³/mol. The number of hydrogen-bond donors (Lipinski definition) is 2. The normalized spacial score (nSPS) is 10.3. The molecule has 1 rings (SSSR count). The van der Waals surface area contributed by atoms with E-state index in [0.29, 0.717) is 6.54 Å². The van der Waals surface area contributed by atoms with E-state index in [1.54, 1.807) is 0 Å². The average Bonchev–Trinajstić information content (AvgIpc) is 2.39. The highest BCUT2D eigenvalue weighted by Crippen LogP contribution is 2.17. The lowest BCUT2D eigenvalue weighted by Gasteiger charge is -2.13. The molecule has 0 saturated carbocycles. The van der Waals surface area contributed by atoms with E-state index in [4.69, 9.17) is 4.74 Å². The third kappa shape index (κ3) is 6.10. The third-order valence-electron chi connectivity index (χ3n) is 2.66. The van der Waals surface area contributed by atoms with Gasteiger partial charge in [0, 0.05) is 13.1 Å². The maximum absolute atomic E-state index is 11.4. The number of likely N-dealkylation sites (N-methyl/N-ethyl adjacent to an activating group) is 1. The summed E-state index contributed by atoms with van der Waals surface area (Å²) in [7, 11) is 3.93. The van der Waals surface area contributed by atoms with Crippen LogP contribution in [0.2, 0.25) is 0 Å². The maximum Gasteiger partial charge on any atom is 0.317 e. The van der Waals surface area contributed by atoms with Gasteiger partial charge in [-0.1, -0.05) is 25.1 Å². The van der Waals surface area contributed by atoms with Gasteiger partial charge >= 0.3 is 6.03 Å². The van der Waals surface area contributed by atoms with Gasteiger partial charge in [-0.2, -0.15) is 0 Å². The first kappa shape index (κ1) is 15.3. The van der Waals surface area contributed by atoms with Gasteiger partial charge in [0.2, 0.25) is 0 Å². The van der Waals surface area contributed by atoms with E-state index in [1.165, 1.54) is 0 Å². The molecule has 0 atom stereocenters. The maximum atomic E-state index is 11.4. The van der Waals surface area contributed by atoms with Gasteiger partial charge in [0.05, 0.1) is 0 Å². The van der Waals surface area contributed by atoms with Crippen LogP contribution in [0.1, 0.15) is 12.5 Å². The Morgan fingerprint density at radius 1 is 1.26 bits per heavy atom. The van der Waals surface area contributed by atoms with E-state index < -0.39 is 0 Å². The molecule has 0 fully saturated rings. The van der Waals surface area contributed by atoms with Crippen LogP contribution in [0, 0.1) is 0 Å². The van der Waals surface area contributed by atoms with Crippen molar-refractivity contribution in [1.29, 1.82) is 0 Å². The van der Waals surface area contributed by atoms with Crippen molar-refractivity contribution < 1.29 is 9.53 Å². The highest BCUT2D eigenvalue weighted by molar-refractivity contribution is 5.73. The lowest BCUT2D eigenvalue weighted by molar-refractivity contribution is 0.222. The SMILES string of the molecule is CCc1ccccc1OCNC(=O)NCCN(C)C. The minimum Gasteiger partial charge on any atom is -0.473 e. The molecule has 0 unspecified atom stereocenters. The van der Waals surface area contributed by atoms with Gasteiger partial charge in [0.25, 0.3) is 0 Å². The summed E-state index contributed by atoms with van der Waals surface area (Å²) in [6, 6.07) is 7.62. The number of hydrogen-bond acceptors (Lipinski definition) is 3. The summed E-state index contributed by atoms with van der Waals surface area (Å²) in [5, 5.41) is 5.42. The summed E-state index contributed by atoms with van der Waals surface area (Å²) in [5.41, 5.74) is 1.14. The number of amides is 2. The van der Waals surface area contributed by atoms with Gasteiger partial charge in [-0.3, -0.25) is 0 Å². The Hall–Kier alpha value is -1.75. The Morgan fingerprint density at radius 2 is 2.00 bits per heavy atom. The van der Waals surface area contributed by atoms with Crippen LogP contribution >= 0.6 is 0 Å². The molecule has 0 bridgehead atoms. The van der Waals surface area contributed by atoms with Gasteiger partial charge < -0.3 is 20.3 Å². The number of para-hydroxylation sites is 1. The van der Waals surface area contributed by atoms with Crippen molar-refractivity contribution in [2.45, 2.75) is 13.3 Å². The number of urea groups is 1. The van der Waals surface area contributed by atoms with Gasteiger partial charge in [-0.05, 0) is 32.1 Å². The smallest absolute Gasteiger partial charge is 0.317 e. The molecule has 1 aromatic carbocycles. The van der Waals surface area contributed by atoms with E-state index in [2.05, 4.69) is 17.6 Å². The Balaban J connectivity index is 2.24. The highest BCUT2D eigenvalue weighted by Gasteiger charge is 2.02. The summed E-state index contributed by atoms with van der Waals surface area (Å²) >= 11 is 0. The van der Waals surface area contributed by atoms with Crippen molar-refractivity contribution >= 4 is 6.03 Å². The molecule has 0 aliphatic rings. The quantitative estimate of drug-likeness (QED) is 0.734. The van der Waals surface area contributed by atoms with Gasteiger partial charge in [-0.25, -0.2) is 4.79 Å². The van der Waals surface area contributed by atoms with Crippen LogP contribution in [-0.2, 0) is 6.42 Å². The lowest BCUT2D eigenvalue weighted by Crippen LogP contribution is -2.40. The van der Waals surface area contributed by atoms with Crippen LogP contribution in [0.3, 0.4) is 0 Å². The molecular weight excluding hydrogens is 242 g/mol. The molecule has 0 heterocycles. The summed E-state index contributed by atoms with van der Waals surface area (Å²) in [6.07, 6.45) is 0.908. The number of rotatable bonds is 7. The standard InChI is InChI=1S/C14H23N3O2/c1-4-12-7-5-6-8-13(12)19-11-16-14(18)15-9-10-17(2)3/h5-8H,4,9-11H2,1-3H3,(H2,15,16,18). The minimum atomic E-state index is -0.212. The molecule has 1 aromatic rings. The largest absolute Gasteiger partial charge is 0.473 e. The molecule has 2 amide bonds. The molecule has 0 aromatic heterocycles. The Morgan fingerprint density at radius 3 is 2.68 bits per heavy atom. The first-order valence-electron chi connectivity index (χ1n) is 6.50. The van der Waals surface area contributed by atoms with Crippen LogP contribution in [0.25, 0.3) is 0 Å². The second-order valence-electron chi connectivity index (χ2n) is 4.49. The molecule has 0 aliphatic carbocycles. The molecule has 2 N–H and O–H groups in total. The Kier molecular flexibility index (Phi) is 6.74. The lowest BCUT2D eigenvalue weighted by atomic mass is 10.1. The Bertz CT molecular complexity index is 394. The van der Waals surface area contributed by atoms with Gasteiger partial charge in [0.1, 0.15) is 5.75 Å². The molecule has 19 heavy (non-hydrogen) atoms. The average molecular weight is 265 g/mol. The molecular formula is C14H23N3O2. The van der Waals surface area contributed by atoms with Crippen molar-refractivity contribution in [2.24, 2.45) is 0 Å². The molecule has 106 valence electrons. The van der Waals surface area contributed by atoms with Gasteiger partial charge in [-0.15, -0.1) is 0 Å². The first-order chi connectivity index (χ1) is 9.13. The van der Waals surface area contributed by atoms with Crippen molar-refractivity contribution in [2.75, 3.05) is 33.9 Å². The monoisotopic (exact) mass is 265 g/mol. The van der Waals surface area contributed by atoms with E-state index in [1.807, 2.05) is 43.3 Å². The van der Waals surface area contributed by atoms with Gasteiger partial charge in [0.15, 0.2) is 6.73 Å². The zero-order valence-electron chi connectivity index (χ0n) is 11.9. The number of carbonyl (C=O) groups is 1. The fraction of sp³-hybridized carbons (Fsp3) is 0.500. The molecule has 0 spiro atoms. The van der Waals surface area contributed by atoms with Crippen molar-refractivity contribution in [3.8, 4) is 5.75 Å². The number of benzene rings is 1. The van der Waals surface area contributed by atoms with Crippen LogP contribution < -0.4 is 15.4 Å². The third-order valence-corrected chi connectivity index (χ3v) is 2.66. The second-order valence-corrected chi connectivity index (χ2v) is 4.49. The summed E-state index contributed by atoms with van der Waals surface area (Å²) in [5.74, 6) is 0.818. The van der Waals surface area contributed by atoms with Crippen LogP contribution in [0.4, 0.5) is 4.79 Å². The van der Waals surface area contributed by atoms with E-state index in [0.717, 1.165) is 24.3 Å². The summed E-state index contributed by atoms with van der Waals surface area (Å²) in [4.78, 5) is 13.5. The molecule has 0 saturated heterocycles. The zero-order valence-corrected chi connectivity index (χ0v) is 11.9. The number of carbonyl (C=O) groups excluding carboxylic acids is 1. The zero-order chi connectivity index (χ0) is 14.1. The summed E-state index contributed by atoms with van der Waals surface area (Å²) in [6.45, 7) is 3.67. The van der Waals surface area contributed by atoms with Crippen molar-refractivity contribution in [3.05, 3.63) is 29.8 Å². The Labute approximate surface area is 114 Å². The van der Waals surface area contributed by atoms with E-state index >= 15 is 0 Å². The number of aryl methyl sites for hydroxylation is 1. The topological polar surface area (TPSA) is 53.6 Å². The molecule has 5 heteroatoms. The second kappa shape index (κ2) is 8.37. The van der Waals surface area contributed by atoms with Crippen molar-refractivity contribution in [1.82, 2.24) is 15.5 Å². The minimum absolute atomic E-state index is 0.171. The van der Waals surface area contributed by atoms with E-state index in [-0.39, 0.29) is 12.8 Å². The number of nitrogens with zero attached hydrogens (tertiary/aromatic N) is 1. The van der Waals surface area contributed by atoms with E-state index in [9.17, 15) is 4.79 Å². The van der Waals surface area contributed by atoms with Crippen LogP contribution in [-0.4, -0.2) is 44.8 Å². The highest BCUT2D eigenvalue weighted by atomic mass is 16.5. The summed E-state index contributed by atoms with van der Waals surface area (Å²) < 4.78 is 5.54. The first-order valence-corrected chi connectivity index (χ1v) is 6.50. The predicted octanol–water partition coefficient (Wildman–Crippen LogP) is 1.45. The number of nitrogens with one attached hydrogen (secondary N) is 2. The van der Waals surface area contributed by atoms with Crippen molar-refractivity contribution in [3.63, 3.8) is 0 Å². The molecule has 0 radical (unpaired) electrons. The fourth-order valence-corrected chi connectivity index (χ4v) is 1.57. The molecule has 0 aliphatic heterocycles. The molecule has 5 nitrogen and oxygen atoms in total. The van der Waals surface area contributed by atoms with Crippen LogP contribution in [0.15, 0.2) is 24.3 Å².